The van der Waals surface area contributed by atoms with E-state index in [2.05, 4.69) is 6.58 Å². The summed E-state index contributed by atoms with van der Waals surface area (Å²) >= 11 is 0. The Labute approximate surface area is 67.3 Å². The van der Waals surface area contributed by atoms with E-state index >= 15 is 0 Å². The molecular formula is C9H14O2. The van der Waals surface area contributed by atoms with Crippen LogP contribution in [-0.4, -0.2) is 11.6 Å². The molecular weight excluding hydrogens is 140 g/mol. The molecule has 0 aliphatic heterocycles. The van der Waals surface area contributed by atoms with E-state index in [9.17, 15) is 9.59 Å². The van der Waals surface area contributed by atoms with Gasteiger partial charge >= 0.3 is 0 Å². The van der Waals surface area contributed by atoms with E-state index in [1.807, 2.05) is 6.92 Å². The van der Waals surface area contributed by atoms with Gasteiger partial charge in [0.2, 0.25) is 0 Å². The Morgan fingerprint density at radius 1 is 1.18 bits per heavy atom. The first-order valence-corrected chi connectivity index (χ1v) is 3.68. The first-order chi connectivity index (χ1) is 5.02. The van der Waals surface area contributed by atoms with Crippen molar-refractivity contribution in [2.45, 2.75) is 33.1 Å². The van der Waals surface area contributed by atoms with Crippen molar-refractivity contribution in [3.05, 3.63) is 12.2 Å². The summed E-state index contributed by atoms with van der Waals surface area (Å²) in [5.74, 6) is -0.0442. The lowest BCUT2D eigenvalue weighted by atomic mass is 10.1. The number of hydrogen-bond donors (Lipinski definition) is 0. The number of carbonyl (C=O) groups is 2. The van der Waals surface area contributed by atoms with Crippen molar-refractivity contribution < 1.29 is 9.59 Å². The molecule has 0 bridgehead atoms. The second-order valence-electron chi connectivity index (χ2n) is 2.87. The summed E-state index contributed by atoms with van der Waals surface area (Å²) in [5, 5.41) is 0. The van der Waals surface area contributed by atoms with Crippen molar-refractivity contribution in [1.29, 1.82) is 0 Å². The fraction of sp³-hybridized carbons (Fsp3) is 0.556. The first-order valence-electron chi connectivity index (χ1n) is 3.68. The molecule has 0 saturated carbocycles. The minimum Gasteiger partial charge on any atom is -0.300 e. The SMILES string of the molecule is C=C(C)CCC(=O)CC(C)=O. The Bertz CT molecular complexity index is 180. The predicted molar refractivity (Wildman–Crippen MR) is 44.4 cm³/mol. The largest absolute Gasteiger partial charge is 0.300 e. The second-order valence-corrected chi connectivity index (χ2v) is 2.87. The predicted octanol–water partition coefficient (Wildman–Crippen LogP) is 1.89. The summed E-state index contributed by atoms with van der Waals surface area (Å²) in [4.78, 5) is 21.4. The monoisotopic (exact) mass is 154 g/mol. The lowest BCUT2D eigenvalue weighted by molar-refractivity contribution is -0.125. The van der Waals surface area contributed by atoms with Crippen molar-refractivity contribution in [2.24, 2.45) is 0 Å². The normalized spacial score (nSPS) is 9.27. The van der Waals surface area contributed by atoms with E-state index in [1.165, 1.54) is 6.92 Å². The van der Waals surface area contributed by atoms with Crippen molar-refractivity contribution >= 4 is 11.6 Å². The molecule has 2 heteroatoms. The van der Waals surface area contributed by atoms with Crippen LogP contribution in [0.1, 0.15) is 33.1 Å². The van der Waals surface area contributed by atoms with Crippen LogP contribution < -0.4 is 0 Å². The van der Waals surface area contributed by atoms with Crippen LogP contribution in [0.2, 0.25) is 0 Å². The van der Waals surface area contributed by atoms with Crippen molar-refractivity contribution in [1.82, 2.24) is 0 Å². The zero-order valence-corrected chi connectivity index (χ0v) is 7.14. The van der Waals surface area contributed by atoms with E-state index in [4.69, 9.17) is 0 Å². The molecule has 0 atom stereocenters. The van der Waals surface area contributed by atoms with E-state index < -0.39 is 0 Å². The lowest BCUT2D eigenvalue weighted by Crippen LogP contribution is -2.03. The molecule has 0 aromatic rings. The number of allylic oxidation sites excluding steroid dienone is 1. The lowest BCUT2D eigenvalue weighted by Gasteiger charge is -1.96. The maximum atomic E-state index is 10.9. The molecule has 0 fully saturated rings. The third kappa shape index (κ3) is 6.97. The number of rotatable bonds is 5. The van der Waals surface area contributed by atoms with Gasteiger partial charge in [-0.1, -0.05) is 5.57 Å². The van der Waals surface area contributed by atoms with Gasteiger partial charge in [-0.3, -0.25) is 9.59 Å². The molecule has 0 saturated heterocycles. The van der Waals surface area contributed by atoms with Crippen molar-refractivity contribution in [3.8, 4) is 0 Å². The second kappa shape index (κ2) is 4.83. The van der Waals surface area contributed by atoms with Gasteiger partial charge in [0, 0.05) is 6.42 Å². The molecule has 0 aliphatic carbocycles. The van der Waals surface area contributed by atoms with E-state index in [1.54, 1.807) is 0 Å². The van der Waals surface area contributed by atoms with Gasteiger partial charge in [0.05, 0.1) is 6.42 Å². The summed E-state index contributed by atoms with van der Waals surface area (Å²) in [6.45, 7) is 6.97. The van der Waals surface area contributed by atoms with Gasteiger partial charge < -0.3 is 0 Å². The van der Waals surface area contributed by atoms with Gasteiger partial charge in [0.15, 0.2) is 0 Å². The summed E-state index contributed by atoms with van der Waals surface area (Å²) in [6.07, 6.45) is 1.23. The maximum Gasteiger partial charge on any atom is 0.140 e. The minimum atomic E-state index is -0.0586. The molecule has 0 radical (unpaired) electrons. The molecule has 0 rings (SSSR count). The highest BCUT2D eigenvalue weighted by Crippen LogP contribution is 2.02. The Hall–Kier alpha value is -0.920. The average molecular weight is 154 g/mol. The standard InChI is InChI=1S/C9H14O2/c1-7(2)4-5-9(11)6-8(3)10/h1,4-6H2,2-3H3. The number of carbonyl (C=O) groups excluding carboxylic acids is 2. The third-order valence-corrected chi connectivity index (χ3v) is 1.28. The molecule has 0 aromatic heterocycles. The fourth-order valence-electron chi connectivity index (χ4n) is 0.719. The molecule has 0 spiro atoms. The maximum absolute atomic E-state index is 10.9. The molecule has 0 N–H and O–H groups in total. The van der Waals surface area contributed by atoms with Crippen LogP contribution in [0.5, 0.6) is 0 Å². The van der Waals surface area contributed by atoms with E-state index in [-0.39, 0.29) is 18.0 Å². The summed E-state index contributed by atoms with van der Waals surface area (Å²) in [6, 6.07) is 0. The molecule has 0 unspecified atom stereocenters. The molecule has 0 amide bonds. The van der Waals surface area contributed by atoms with E-state index in [0.717, 1.165) is 5.57 Å². The highest BCUT2D eigenvalue weighted by Gasteiger charge is 2.04. The Balaban J connectivity index is 3.53. The van der Waals surface area contributed by atoms with E-state index in [0.29, 0.717) is 12.8 Å². The molecule has 0 aromatic carbocycles. The topological polar surface area (TPSA) is 34.1 Å². The van der Waals surface area contributed by atoms with Crippen LogP contribution in [0.15, 0.2) is 12.2 Å². The molecule has 0 heterocycles. The zero-order chi connectivity index (χ0) is 8.85. The average Bonchev–Trinajstić information content (AvgIpc) is 1.82. The van der Waals surface area contributed by atoms with Gasteiger partial charge in [-0.05, 0) is 20.3 Å². The van der Waals surface area contributed by atoms with Crippen LogP contribution >= 0.6 is 0 Å². The Morgan fingerprint density at radius 3 is 2.09 bits per heavy atom. The zero-order valence-electron chi connectivity index (χ0n) is 7.14. The van der Waals surface area contributed by atoms with Gasteiger partial charge in [-0.15, -0.1) is 6.58 Å². The smallest absolute Gasteiger partial charge is 0.140 e. The highest BCUT2D eigenvalue weighted by atomic mass is 16.1. The summed E-state index contributed by atoms with van der Waals surface area (Å²) in [7, 11) is 0. The van der Waals surface area contributed by atoms with Crippen LogP contribution in [0, 0.1) is 0 Å². The van der Waals surface area contributed by atoms with Gasteiger partial charge in [-0.2, -0.15) is 0 Å². The highest BCUT2D eigenvalue weighted by molar-refractivity contribution is 5.97. The van der Waals surface area contributed by atoms with Crippen LogP contribution in [0.3, 0.4) is 0 Å². The molecule has 2 nitrogen and oxygen atoms in total. The van der Waals surface area contributed by atoms with Crippen LogP contribution in [0.25, 0.3) is 0 Å². The molecule has 11 heavy (non-hydrogen) atoms. The van der Waals surface area contributed by atoms with Crippen LogP contribution in [-0.2, 0) is 9.59 Å². The van der Waals surface area contributed by atoms with Gasteiger partial charge in [-0.25, -0.2) is 0 Å². The summed E-state index contributed by atoms with van der Waals surface area (Å²) in [5.41, 5.74) is 0.988. The number of hydrogen-bond acceptors (Lipinski definition) is 2. The Kier molecular flexibility index (Phi) is 4.42. The third-order valence-electron chi connectivity index (χ3n) is 1.28. The van der Waals surface area contributed by atoms with Crippen molar-refractivity contribution in [2.75, 3.05) is 0 Å². The fourth-order valence-corrected chi connectivity index (χ4v) is 0.719. The Morgan fingerprint density at radius 2 is 1.73 bits per heavy atom. The molecule has 0 aliphatic rings. The quantitative estimate of drug-likeness (QED) is 0.447. The van der Waals surface area contributed by atoms with Gasteiger partial charge in [0.25, 0.3) is 0 Å². The number of Topliss-reactive ketones (excluding diaryl/α,β-unsaturated/α-hetero) is 2. The first kappa shape index (κ1) is 10.1. The number of ketones is 2. The van der Waals surface area contributed by atoms with Gasteiger partial charge in [0.1, 0.15) is 11.6 Å². The van der Waals surface area contributed by atoms with Crippen molar-refractivity contribution in [3.63, 3.8) is 0 Å². The minimum absolute atomic E-state index is 0.0144. The summed E-state index contributed by atoms with van der Waals surface area (Å²) < 4.78 is 0. The van der Waals surface area contributed by atoms with Crippen LogP contribution in [0.4, 0.5) is 0 Å². The molecule has 62 valence electrons.